The number of carbonyl (C=O) groups is 5. The molecule has 0 unspecified atom stereocenters. The van der Waals surface area contributed by atoms with Crippen LogP contribution in [0, 0.1) is 11.3 Å². The van der Waals surface area contributed by atoms with Crippen molar-refractivity contribution >= 4 is 56.9 Å². The number of hydrogen-bond acceptors (Lipinski definition) is 11. The van der Waals surface area contributed by atoms with Gasteiger partial charge < -0.3 is 36.2 Å². The third-order valence-corrected chi connectivity index (χ3v) is 10.9. The average Bonchev–Trinajstić information content (AvgIpc) is 3.58. The lowest BCUT2D eigenvalue weighted by atomic mass is 9.78. The standard InChI is InChI=1S/C40H55N9O6S/c1-21(2)41-28-14-10-13-26(43-28)33-44-25-17-18-56-31(25)36(47-33)55-24-19-27(34(51)45-29(22-11-9-12-22)30(50)35(52)42-23-15-16-23)49(20-24)37(53)32(39(3,4)5)46-38(54)48-40(6,7)8/h10,13-14,17-18,21-24,27,29,32H,9,11-12,15-16,19-20H2,1-8H3,(H,41,43)(H,42,52)(H,45,51)(H2,46,48,54)/t24-,27+,29+,32-/m1/s1. The van der Waals surface area contributed by atoms with E-state index in [1.54, 1.807) is 0 Å². The lowest BCUT2D eigenvalue weighted by Gasteiger charge is -2.37. The number of carbonyl (C=O) groups excluding carboxylic acids is 5. The lowest BCUT2D eigenvalue weighted by Crippen LogP contribution is -2.61. The topological polar surface area (TPSA) is 197 Å². The van der Waals surface area contributed by atoms with Crippen molar-refractivity contribution in [3.63, 3.8) is 0 Å². The van der Waals surface area contributed by atoms with Crippen LogP contribution in [0.5, 0.6) is 5.88 Å². The number of Topliss-reactive ketones (excluding diaryl/α,β-unsaturated/α-hetero) is 1. The number of ketones is 1. The number of nitrogens with one attached hydrogen (secondary N) is 5. The SMILES string of the molecule is CC(C)Nc1cccc(-c2nc(O[C@@H]3C[C@@H](C(=O)N[C@H](C(=O)C(=O)NC4CC4)C4CCC4)N(C(=O)[C@@H](NC(=O)NC(C)(C)C)C(C)(C)C)C3)c3sccc3n2)n1. The first-order chi connectivity index (χ1) is 26.4. The monoisotopic (exact) mass is 789 g/mol. The Bertz CT molecular complexity index is 1960. The van der Waals surface area contributed by atoms with E-state index in [0.717, 1.165) is 19.3 Å². The van der Waals surface area contributed by atoms with E-state index in [2.05, 4.69) is 26.6 Å². The first-order valence-electron chi connectivity index (χ1n) is 19.6. The fourth-order valence-electron chi connectivity index (χ4n) is 6.87. The highest BCUT2D eigenvalue weighted by molar-refractivity contribution is 7.17. The number of nitrogens with zero attached hydrogens (tertiary/aromatic N) is 4. The molecule has 2 saturated carbocycles. The first-order valence-corrected chi connectivity index (χ1v) is 20.4. The molecule has 0 aromatic carbocycles. The Morgan fingerprint density at radius 2 is 1.66 bits per heavy atom. The predicted octanol–water partition coefficient (Wildman–Crippen LogP) is 4.57. The molecule has 5 N–H and O–H groups in total. The molecule has 1 saturated heterocycles. The van der Waals surface area contributed by atoms with Crippen molar-refractivity contribution in [3.8, 4) is 17.4 Å². The molecule has 6 rings (SSSR count). The van der Waals surface area contributed by atoms with E-state index in [1.807, 2.05) is 85.0 Å². The number of ether oxygens (including phenoxy) is 1. The summed E-state index contributed by atoms with van der Waals surface area (Å²) < 4.78 is 7.31. The second-order valence-electron chi connectivity index (χ2n) is 17.6. The van der Waals surface area contributed by atoms with E-state index in [0.29, 0.717) is 40.4 Å². The number of pyridine rings is 1. The van der Waals surface area contributed by atoms with Gasteiger partial charge in [0.25, 0.3) is 5.91 Å². The van der Waals surface area contributed by atoms with Gasteiger partial charge in [-0.2, -0.15) is 4.98 Å². The van der Waals surface area contributed by atoms with E-state index in [9.17, 15) is 24.0 Å². The predicted molar refractivity (Wildman–Crippen MR) is 214 cm³/mol. The zero-order valence-electron chi connectivity index (χ0n) is 33.5. The molecule has 56 heavy (non-hydrogen) atoms. The van der Waals surface area contributed by atoms with Crippen LogP contribution in [0.4, 0.5) is 10.6 Å². The Balaban J connectivity index is 1.31. The number of aromatic nitrogens is 3. The van der Waals surface area contributed by atoms with Gasteiger partial charge in [0.05, 0.1) is 12.1 Å². The van der Waals surface area contributed by atoms with E-state index in [1.165, 1.54) is 16.2 Å². The van der Waals surface area contributed by atoms with E-state index < -0.39 is 64.7 Å². The highest BCUT2D eigenvalue weighted by Gasteiger charge is 2.48. The number of fused-ring (bicyclic) bond motifs is 1. The van der Waals surface area contributed by atoms with Crippen molar-refractivity contribution in [1.29, 1.82) is 0 Å². The van der Waals surface area contributed by atoms with Crippen molar-refractivity contribution in [3.05, 3.63) is 29.6 Å². The molecule has 2 aliphatic carbocycles. The summed E-state index contributed by atoms with van der Waals surface area (Å²) >= 11 is 1.41. The van der Waals surface area contributed by atoms with Gasteiger partial charge >= 0.3 is 6.03 Å². The molecule has 15 nitrogen and oxygen atoms in total. The summed E-state index contributed by atoms with van der Waals surface area (Å²) in [6, 6.07) is 3.93. The summed E-state index contributed by atoms with van der Waals surface area (Å²) in [5, 5.41) is 16.6. The van der Waals surface area contributed by atoms with Crippen molar-refractivity contribution in [2.75, 3.05) is 11.9 Å². The van der Waals surface area contributed by atoms with Gasteiger partial charge in [0.15, 0.2) is 5.82 Å². The van der Waals surface area contributed by atoms with Crippen LogP contribution < -0.4 is 31.3 Å². The quantitative estimate of drug-likeness (QED) is 0.153. The van der Waals surface area contributed by atoms with E-state index in [-0.39, 0.29) is 36.8 Å². The fraction of sp³-hybridized carbons (Fsp3) is 0.600. The summed E-state index contributed by atoms with van der Waals surface area (Å²) in [6.07, 6.45) is 3.29. The molecule has 4 heterocycles. The van der Waals surface area contributed by atoms with Crippen molar-refractivity contribution < 1.29 is 28.7 Å². The largest absolute Gasteiger partial charge is 0.471 e. The number of amides is 5. The molecule has 3 aliphatic rings. The molecular formula is C40H55N9O6S. The average molecular weight is 790 g/mol. The Morgan fingerprint density at radius 3 is 2.29 bits per heavy atom. The molecule has 4 atom stereocenters. The third kappa shape index (κ3) is 9.92. The van der Waals surface area contributed by atoms with Gasteiger partial charge in [-0.15, -0.1) is 11.3 Å². The van der Waals surface area contributed by atoms with Crippen LogP contribution in [0.3, 0.4) is 0 Å². The van der Waals surface area contributed by atoms with Gasteiger partial charge in [0, 0.05) is 24.0 Å². The minimum atomic E-state index is -1.08. The highest BCUT2D eigenvalue weighted by atomic mass is 32.1. The molecule has 1 aliphatic heterocycles. The van der Waals surface area contributed by atoms with Crippen molar-refractivity contribution in [1.82, 2.24) is 41.1 Å². The van der Waals surface area contributed by atoms with Crippen LogP contribution in [0.15, 0.2) is 29.6 Å². The Hall–Kier alpha value is -4.86. The van der Waals surface area contributed by atoms with Gasteiger partial charge in [-0.05, 0) is 95.2 Å². The summed E-state index contributed by atoms with van der Waals surface area (Å²) in [5.74, 6) is -1.29. The number of rotatable bonds is 13. The summed E-state index contributed by atoms with van der Waals surface area (Å²) in [5.41, 5.74) is -0.120. The molecule has 0 spiro atoms. The molecule has 0 bridgehead atoms. The van der Waals surface area contributed by atoms with Crippen LogP contribution >= 0.6 is 11.3 Å². The lowest BCUT2D eigenvalue weighted by molar-refractivity contribution is -0.144. The maximum atomic E-state index is 14.7. The maximum absolute atomic E-state index is 14.7. The molecule has 302 valence electrons. The second kappa shape index (κ2) is 16.3. The fourth-order valence-corrected chi connectivity index (χ4v) is 7.63. The zero-order valence-corrected chi connectivity index (χ0v) is 34.3. The second-order valence-corrected chi connectivity index (χ2v) is 18.5. The number of urea groups is 1. The number of likely N-dealkylation sites (tertiary alicyclic amines) is 1. The number of anilines is 1. The molecular weight excluding hydrogens is 735 g/mol. The highest BCUT2D eigenvalue weighted by Crippen LogP contribution is 2.35. The zero-order chi connectivity index (χ0) is 40.5. The summed E-state index contributed by atoms with van der Waals surface area (Å²) in [7, 11) is 0. The normalized spacial score (nSPS) is 19.8. The Labute approximate surface area is 331 Å². The Kier molecular flexibility index (Phi) is 11.9. The minimum Gasteiger partial charge on any atom is -0.471 e. The van der Waals surface area contributed by atoms with Gasteiger partial charge in [-0.25, -0.2) is 14.8 Å². The minimum absolute atomic E-state index is 0.00543. The number of hydrogen-bond donors (Lipinski definition) is 5. The van der Waals surface area contributed by atoms with Crippen molar-refractivity contribution in [2.24, 2.45) is 11.3 Å². The first kappa shape index (κ1) is 40.8. The van der Waals surface area contributed by atoms with Gasteiger partial charge in [-0.1, -0.05) is 33.3 Å². The molecule has 0 radical (unpaired) electrons. The van der Waals surface area contributed by atoms with Crippen LogP contribution in [0.2, 0.25) is 0 Å². The molecule has 5 amide bonds. The molecule has 3 fully saturated rings. The van der Waals surface area contributed by atoms with Gasteiger partial charge in [-0.3, -0.25) is 19.2 Å². The smallest absolute Gasteiger partial charge is 0.315 e. The van der Waals surface area contributed by atoms with E-state index >= 15 is 0 Å². The molecule has 3 aromatic rings. The van der Waals surface area contributed by atoms with Crippen LogP contribution in [-0.4, -0.2) is 97.8 Å². The Morgan fingerprint density at radius 1 is 0.929 bits per heavy atom. The summed E-state index contributed by atoms with van der Waals surface area (Å²) in [6.45, 7) is 15.1. The van der Waals surface area contributed by atoms with Crippen molar-refractivity contribution in [2.45, 2.75) is 136 Å². The number of thiophene rings is 1. The van der Waals surface area contributed by atoms with Crippen LogP contribution in [0.25, 0.3) is 21.7 Å². The molecule has 16 heteroatoms. The molecule has 3 aromatic heterocycles. The van der Waals surface area contributed by atoms with E-state index in [4.69, 9.17) is 19.7 Å². The van der Waals surface area contributed by atoms with Gasteiger partial charge in [0.1, 0.15) is 40.4 Å². The summed E-state index contributed by atoms with van der Waals surface area (Å²) in [4.78, 5) is 84.3. The maximum Gasteiger partial charge on any atom is 0.315 e. The van der Waals surface area contributed by atoms with Gasteiger partial charge in [0.2, 0.25) is 23.5 Å². The van der Waals surface area contributed by atoms with Crippen LogP contribution in [0.1, 0.15) is 93.9 Å². The van der Waals surface area contributed by atoms with Crippen LogP contribution in [-0.2, 0) is 19.2 Å². The third-order valence-electron chi connectivity index (χ3n) is 10.0.